The molecule has 1 saturated heterocycles. The zero-order chi connectivity index (χ0) is 22.0. The van der Waals surface area contributed by atoms with Crippen LogP contribution in [0.25, 0.3) is 0 Å². The second-order valence-corrected chi connectivity index (χ2v) is 9.13. The third-order valence-corrected chi connectivity index (χ3v) is 6.98. The van der Waals surface area contributed by atoms with Crippen molar-refractivity contribution in [3.63, 3.8) is 0 Å². The molecule has 1 fully saturated rings. The number of halogens is 1. The van der Waals surface area contributed by atoms with E-state index in [1.54, 1.807) is 6.07 Å². The van der Waals surface area contributed by atoms with Gasteiger partial charge in [0.2, 0.25) is 5.91 Å². The van der Waals surface area contributed by atoms with E-state index in [-0.39, 0.29) is 23.6 Å². The maximum Gasteiger partial charge on any atom is 0.226 e. The highest BCUT2D eigenvalue weighted by Crippen LogP contribution is 2.42. The normalized spacial score (nSPS) is 17.8. The number of hydrogen-bond acceptors (Lipinski definition) is 3. The van der Waals surface area contributed by atoms with Crippen molar-refractivity contribution < 1.29 is 9.18 Å². The molecule has 0 bridgehead atoms. The lowest BCUT2D eigenvalue weighted by molar-refractivity contribution is -0.132. The molecular weight excluding hydrogens is 401 g/mol. The van der Waals surface area contributed by atoms with Crippen LogP contribution in [0.2, 0.25) is 0 Å². The fourth-order valence-electron chi connectivity index (χ4n) is 5.39. The minimum atomic E-state index is -0.291. The Balaban J connectivity index is 1.31. The molecule has 5 heteroatoms. The summed E-state index contributed by atoms with van der Waals surface area (Å²) < 4.78 is 13.5. The smallest absolute Gasteiger partial charge is 0.226 e. The Kier molecular flexibility index (Phi) is 5.75. The topological polar surface area (TPSA) is 36.4 Å². The maximum absolute atomic E-state index is 13.5. The molecule has 0 atom stereocenters. The molecule has 0 saturated carbocycles. The SMILES string of the molecule is O=C(Cc1cccc(F)c1)N1CCC2(CC1)CN(Cc1ccncc1)Cc1ccccc12. The highest BCUT2D eigenvalue weighted by atomic mass is 19.1. The molecule has 3 aromatic rings. The Morgan fingerprint density at radius 3 is 2.53 bits per heavy atom. The molecule has 2 aliphatic rings. The van der Waals surface area contributed by atoms with Crippen molar-refractivity contribution in [3.05, 3.63) is 101 Å². The fraction of sp³-hybridized carbons (Fsp3) is 0.333. The number of aromatic nitrogens is 1. The summed E-state index contributed by atoms with van der Waals surface area (Å²) >= 11 is 0. The van der Waals surface area contributed by atoms with Crippen LogP contribution in [0, 0.1) is 5.82 Å². The van der Waals surface area contributed by atoms with Crippen LogP contribution >= 0.6 is 0 Å². The van der Waals surface area contributed by atoms with Crippen LogP contribution in [-0.4, -0.2) is 40.3 Å². The van der Waals surface area contributed by atoms with Crippen molar-refractivity contribution in [2.45, 2.75) is 37.8 Å². The number of likely N-dealkylation sites (tertiary alicyclic amines) is 1. The second kappa shape index (κ2) is 8.83. The number of amides is 1. The molecule has 0 N–H and O–H groups in total. The average molecular weight is 430 g/mol. The molecule has 4 nitrogen and oxygen atoms in total. The molecule has 1 aromatic heterocycles. The largest absolute Gasteiger partial charge is 0.342 e. The highest BCUT2D eigenvalue weighted by Gasteiger charge is 2.42. The summed E-state index contributed by atoms with van der Waals surface area (Å²) in [6.45, 7) is 4.33. The van der Waals surface area contributed by atoms with E-state index in [1.165, 1.54) is 28.8 Å². The molecule has 2 aliphatic heterocycles. The number of carbonyl (C=O) groups is 1. The van der Waals surface area contributed by atoms with Gasteiger partial charge in [0, 0.05) is 50.5 Å². The molecule has 1 amide bonds. The summed E-state index contributed by atoms with van der Waals surface area (Å²) in [5, 5.41) is 0. The fourth-order valence-corrected chi connectivity index (χ4v) is 5.39. The van der Waals surface area contributed by atoms with Crippen molar-refractivity contribution in [2.24, 2.45) is 0 Å². The molecular formula is C27H28FN3O. The van der Waals surface area contributed by atoms with E-state index in [9.17, 15) is 9.18 Å². The van der Waals surface area contributed by atoms with E-state index in [1.807, 2.05) is 23.4 Å². The van der Waals surface area contributed by atoms with Gasteiger partial charge >= 0.3 is 0 Å². The first kappa shape index (κ1) is 20.8. The van der Waals surface area contributed by atoms with Gasteiger partial charge in [-0.25, -0.2) is 4.39 Å². The molecule has 2 aromatic carbocycles. The van der Waals surface area contributed by atoms with Crippen LogP contribution in [0.4, 0.5) is 4.39 Å². The molecule has 5 rings (SSSR count). The Labute approximate surface area is 188 Å². The number of rotatable bonds is 4. The molecule has 164 valence electrons. The zero-order valence-corrected chi connectivity index (χ0v) is 18.2. The molecule has 0 radical (unpaired) electrons. The van der Waals surface area contributed by atoms with Crippen LogP contribution in [0.1, 0.15) is 35.1 Å². The summed E-state index contributed by atoms with van der Waals surface area (Å²) in [5.74, 6) is -0.204. The molecule has 0 unspecified atom stereocenters. The highest BCUT2D eigenvalue weighted by molar-refractivity contribution is 5.79. The van der Waals surface area contributed by atoms with Crippen molar-refractivity contribution >= 4 is 5.91 Å². The lowest BCUT2D eigenvalue weighted by Crippen LogP contribution is -2.53. The number of hydrogen-bond donors (Lipinski definition) is 0. The lowest BCUT2D eigenvalue weighted by atomic mass is 9.68. The van der Waals surface area contributed by atoms with Gasteiger partial charge in [-0.15, -0.1) is 0 Å². The van der Waals surface area contributed by atoms with Crippen LogP contribution in [-0.2, 0) is 29.7 Å². The van der Waals surface area contributed by atoms with E-state index in [2.05, 4.69) is 46.3 Å². The van der Waals surface area contributed by atoms with Gasteiger partial charge in [0.15, 0.2) is 0 Å². The number of fused-ring (bicyclic) bond motifs is 2. The first-order chi connectivity index (χ1) is 15.6. The second-order valence-electron chi connectivity index (χ2n) is 9.13. The number of carbonyl (C=O) groups excluding carboxylic acids is 1. The van der Waals surface area contributed by atoms with E-state index >= 15 is 0 Å². The molecule has 1 spiro atoms. The quantitative estimate of drug-likeness (QED) is 0.619. The van der Waals surface area contributed by atoms with Gasteiger partial charge in [-0.05, 0) is 59.4 Å². The zero-order valence-electron chi connectivity index (χ0n) is 18.2. The van der Waals surface area contributed by atoms with E-state index in [0.29, 0.717) is 0 Å². The van der Waals surface area contributed by atoms with E-state index < -0.39 is 0 Å². The van der Waals surface area contributed by atoms with Crippen molar-refractivity contribution in [2.75, 3.05) is 19.6 Å². The van der Waals surface area contributed by atoms with Crippen molar-refractivity contribution in [1.29, 1.82) is 0 Å². The standard InChI is InChI=1S/C27H28FN3O/c28-24-6-3-4-22(16-24)17-26(32)31-14-10-27(11-15-31)20-30(18-21-8-12-29-13-9-21)19-23-5-1-2-7-25(23)27/h1-9,12-13,16H,10-11,14-15,17-20H2. The third-order valence-electron chi connectivity index (χ3n) is 6.98. The summed E-state index contributed by atoms with van der Waals surface area (Å²) in [4.78, 5) is 21.5. The monoisotopic (exact) mass is 429 g/mol. The third kappa shape index (κ3) is 4.30. The summed E-state index contributed by atoms with van der Waals surface area (Å²) in [6.07, 6.45) is 5.87. The predicted octanol–water partition coefficient (Wildman–Crippen LogP) is 4.34. The minimum Gasteiger partial charge on any atom is -0.342 e. The van der Waals surface area contributed by atoms with E-state index in [4.69, 9.17) is 0 Å². The predicted molar refractivity (Wildman–Crippen MR) is 122 cm³/mol. The number of pyridine rings is 1. The number of nitrogens with zero attached hydrogens (tertiary/aromatic N) is 3. The van der Waals surface area contributed by atoms with Crippen LogP contribution in [0.15, 0.2) is 73.1 Å². The van der Waals surface area contributed by atoms with Gasteiger partial charge in [-0.1, -0.05) is 36.4 Å². The van der Waals surface area contributed by atoms with Gasteiger partial charge in [0.1, 0.15) is 5.82 Å². The Morgan fingerprint density at radius 2 is 1.75 bits per heavy atom. The van der Waals surface area contributed by atoms with Gasteiger partial charge in [-0.2, -0.15) is 0 Å². The number of piperidine rings is 1. The van der Waals surface area contributed by atoms with E-state index in [0.717, 1.165) is 51.1 Å². The Bertz CT molecular complexity index is 1090. The van der Waals surface area contributed by atoms with Crippen molar-refractivity contribution in [3.8, 4) is 0 Å². The lowest BCUT2D eigenvalue weighted by Gasteiger charge is -2.49. The maximum atomic E-state index is 13.5. The molecule has 32 heavy (non-hydrogen) atoms. The van der Waals surface area contributed by atoms with Gasteiger partial charge < -0.3 is 4.90 Å². The first-order valence-electron chi connectivity index (χ1n) is 11.3. The molecule has 3 heterocycles. The first-order valence-corrected chi connectivity index (χ1v) is 11.3. The van der Waals surface area contributed by atoms with Gasteiger partial charge in [-0.3, -0.25) is 14.7 Å². The van der Waals surface area contributed by atoms with Crippen LogP contribution in [0.5, 0.6) is 0 Å². The van der Waals surface area contributed by atoms with Gasteiger partial charge in [0.25, 0.3) is 0 Å². The molecule has 0 aliphatic carbocycles. The number of benzene rings is 2. The average Bonchev–Trinajstić information content (AvgIpc) is 2.80. The summed E-state index contributed by atoms with van der Waals surface area (Å²) in [5.41, 5.74) is 4.92. The van der Waals surface area contributed by atoms with Crippen LogP contribution < -0.4 is 0 Å². The summed E-state index contributed by atoms with van der Waals surface area (Å²) in [6, 6.07) is 19.3. The van der Waals surface area contributed by atoms with Gasteiger partial charge in [0.05, 0.1) is 6.42 Å². The van der Waals surface area contributed by atoms with Crippen molar-refractivity contribution in [1.82, 2.24) is 14.8 Å². The summed E-state index contributed by atoms with van der Waals surface area (Å²) in [7, 11) is 0. The Morgan fingerprint density at radius 1 is 0.969 bits per heavy atom. The minimum absolute atomic E-state index is 0.0670. The van der Waals surface area contributed by atoms with Crippen LogP contribution in [0.3, 0.4) is 0 Å². The Hall–Kier alpha value is -3.05.